The van der Waals surface area contributed by atoms with Crippen LogP contribution in [0.1, 0.15) is 43.4 Å². The van der Waals surface area contributed by atoms with Gasteiger partial charge in [0.15, 0.2) is 0 Å². The Morgan fingerprint density at radius 3 is 1.86 bits per heavy atom. The summed E-state index contributed by atoms with van der Waals surface area (Å²) >= 11 is 28.4. The number of carbonyl (C=O) groups is 3. The number of methoxy groups -OCH3 is 1. The molecule has 3 amide bonds. The van der Waals surface area contributed by atoms with Crippen molar-refractivity contribution < 1.29 is 19.1 Å². The number of ether oxygens (including phenoxy) is 1. The molecule has 0 N–H and O–H groups in total. The second kappa shape index (κ2) is 9.47. The van der Waals surface area contributed by atoms with Gasteiger partial charge in [0.2, 0.25) is 0 Å². The molecule has 2 aliphatic heterocycles. The predicted octanol–water partition coefficient (Wildman–Crippen LogP) is 7.44. The van der Waals surface area contributed by atoms with Gasteiger partial charge in [-0.25, -0.2) is 0 Å². The first-order valence-corrected chi connectivity index (χ1v) is 13.3. The lowest BCUT2D eigenvalue weighted by Crippen LogP contribution is -2.67. The standard InChI is InChI=1S/C26H17BrCl4N2O4/c1-10-4-6-13(8-11(10)2)32-22(12-5-7-15(37-3)14(27)9-12)23(26(32)36)33-24(34)16-17(25(33)35)19(29)21(31)20(30)18(16)28/h4-9,22-23H,1-3H3. The van der Waals surface area contributed by atoms with E-state index < -0.39 is 29.8 Å². The molecule has 11 heteroatoms. The van der Waals surface area contributed by atoms with Crippen LogP contribution in [-0.2, 0) is 4.79 Å². The van der Waals surface area contributed by atoms with Crippen LogP contribution in [-0.4, -0.2) is 35.8 Å². The molecule has 0 radical (unpaired) electrons. The van der Waals surface area contributed by atoms with Crippen LogP contribution < -0.4 is 9.64 Å². The number of fused-ring (bicyclic) bond motifs is 1. The van der Waals surface area contributed by atoms with Crippen LogP contribution in [0.15, 0.2) is 40.9 Å². The molecule has 3 aromatic carbocycles. The minimum atomic E-state index is -1.15. The molecule has 6 nitrogen and oxygen atoms in total. The number of imide groups is 1. The number of amides is 3. The number of anilines is 1. The fourth-order valence-corrected chi connectivity index (χ4v) is 6.28. The first-order valence-electron chi connectivity index (χ1n) is 11.0. The average molecular weight is 643 g/mol. The molecule has 1 saturated heterocycles. The van der Waals surface area contributed by atoms with Crippen molar-refractivity contribution in [3.8, 4) is 5.75 Å². The number of halogens is 5. The van der Waals surface area contributed by atoms with Gasteiger partial charge < -0.3 is 9.64 Å². The van der Waals surface area contributed by atoms with E-state index in [1.165, 1.54) is 0 Å². The second-order valence-corrected chi connectivity index (χ2v) is 11.1. The van der Waals surface area contributed by atoms with E-state index in [2.05, 4.69) is 15.9 Å². The van der Waals surface area contributed by atoms with Crippen molar-refractivity contribution >= 4 is 85.7 Å². The van der Waals surface area contributed by atoms with Crippen molar-refractivity contribution in [2.75, 3.05) is 12.0 Å². The fraction of sp³-hybridized carbons (Fsp3) is 0.192. The molecule has 190 valence electrons. The summed E-state index contributed by atoms with van der Waals surface area (Å²) in [5.74, 6) is -1.37. The molecule has 2 heterocycles. The van der Waals surface area contributed by atoms with Crippen molar-refractivity contribution in [1.29, 1.82) is 0 Å². The van der Waals surface area contributed by atoms with Crippen molar-refractivity contribution in [3.05, 3.63) is 88.8 Å². The summed E-state index contributed by atoms with van der Waals surface area (Å²) in [5, 5.41) is -0.647. The Balaban J connectivity index is 1.65. The number of rotatable bonds is 4. The van der Waals surface area contributed by atoms with Crippen molar-refractivity contribution in [1.82, 2.24) is 4.90 Å². The zero-order valence-corrected chi connectivity index (χ0v) is 24.1. The lowest BCUT2D eigenvalue weighted by Gasteiger charge is -2.50. The third-order valence-electron chi connectivity index (χ3n) is 6.76. The molecule has 0 bridgehead atoms. The van der Waals surface area contributed by atoms with Gasteiger partial charge in [-0.3, -0.25) is 19.3 Å². The highest BCUT2D eigenvalue weighted by atomic mass is 79.9. The Kier molecular flexibility index (Phi) is 6.74. The highest BCUT2D eigenvalue weighted by Crippen LogP contribution is 2.49. The third kappa shape index (κ3) is 3.86. The van der Waals surface area contributed by atoms with Crippen LogP contribution in [0, 0.1) is 13.8 Å². The van der Waals surface area contributed by atoms with Gasteiger partial charge in [-0.2, -0.15) is 0 Å². The molecular formula is C26H17BrCl4N2O4. The second-order valence-electron chi connectivity index (χ2n) is 8.75. The molecule has 2 unspecified atom stereocenters. The number of hydrogen-bond donors (Lipinski definition) is 0. The monoisotopic (exact) mass is 640 g/mol. The van der Waals surface area contributed by atoms with E-state index in [0.29, 0.717) is 21.5 Å². The summed E-state index contributed by atoms with van der Waals surface area (Å²) < 4.78 is 5.99. The fourth-order valence-electron chi connectivity index (χ4n) is 4.71. The Morgan fingerprint density at radius 1 is 0.757 bits per heavy atom. The number of carbonyl (C=O) groups excluding carboxylic acids is 3. The van der Waals surface area contributed by atoms with E-state index in [9.17, 15) is 14.4 Å². The maximum Gasteiger partial charge on any atom is 0.264 e. The summed E-state index contributed by atoms with van der Waals surface area (Å²) in [6.45, 7) is 3.92. The quantitative estimate of drug-likeness (QED) is 0.128. The normalized spacial score (nSPS) is 18.9. The smallest absolute Gasteiger partial charge is 0.264 e. The molecule has 0 aliphatic carbocycles. The minimum absolute atomic E-state index is 0.137. The molecule has 2 aliphatic rings. The largest absolute Gasteiger partial charge is 0.496 e. The van der Waals surface area contributed by atoms with Gasteiger partial charge in [0.25, 0.3) is 17.7 Å². The first-order chi connectivity index (χ1) is 17.5. The summed E-state index contributed by atoms with van der Waals surface area (Å²) in [6.07, 6.45) is 0. The van der Waals surface area contributed by atoms with E-state index >= 15 is 0 Å². The Bertz CT molecular complexity index is 1500. The van der Waals surface area contributed by atoms with E-state index in [-0.39, 0.29) is 31.2 Å². The molecule has 3 aromatic rings. The van der Waals surface area contributed by atoms with Gasteiger partial charge >= 0.3 is 0 Å². The van der Waals surface area contributed by atoms with Crippen LogP contribution in [0.3, 0.4) is 0 Å². The Morgan fingerprint density at radius 2 is 1.35 bits per heavy atom. The van der Waals surface area contributed by atoms with Crippen molar-refractivity contribution in [2.45, 2.75) is 25.9 Å². The highest BCUT2D eigenvalue weighted by molar-refractivity contribution is 9.10. The molecule has 0 spiro atoms. The predicted molar refractivity (Wildman–Crippen MR) is 148 cm³/mol. The molecule has 2 atom stereocenters. The summed E-state index contributed by atoms with van der Waals surface area (Å²) in [6, 6.07) is 9.12. The maximum absolute atomic E-state index is 13.7. The lowest BCUT2D eigenvalue weighted by molar-refractivity contribution is -0.130. The van der Waals surface area contributed by atoms with Gasteiger partial charge in [-0.1, -0.05) is 58.5 Å². The van der Waals surface area contributed by atoms with E-state index in [1.54, 1.807) is 30.2 Å². The summed E-state index contributed by atoms with van der Waals surface area (Å²) in [5.41, 5.74) is 3.04. The molecule has 0 aromatic heterocycles. The Labute approximate surface area is 241 Å². The molecule has 37 heavy (non-hydrogen) atoms. The average Bonchev–Trinajstić information content (AvgIpc) is 3.12. The number of β-lactam (4-membered cyclic amide) rings is 1. The maximum atomic E-state index is 13.7. The van der Waals surface area contributed by atoms with Gasteiger partial charge in [0.05, 0.1) is 48.8 Å². The number of aryl methyl sites for hydroxylation is 2. The van der Waals surface area contributed by atoms with E-state index in [0.717, 1.165) is 16.0 Å². The third-order valence-corrected chi connectivity index (χ3v) is 9.19. The highest BCUT2D eigenvalue weighted by Gasteiger charge is 2.58. The Hall–Kier alpha value is -2.29. The molecule has 5 rings (SSSR count). The zero-order valence-electron chi connectivity index (χ0n) is 19.5. The summed E-state index contributed by atoms with van der Waals surface area (Å²) in [4.78, 5) is 43.3. The van der Waals surface area contributed by atoms with Crippen LogP contribution in [0.4, 0.5) is 5.69 Å². The number of nitrogens with zero attached hydrogens (tertiary/aromatic N) is 2. The van der Waals surface area contributed by atoms with Crippen LogP contribution >= 0.6 is 62.3 Å². The van der Waals surface area contributed by atoms with Crippen LogP contribution in [0.5, 0.6) is 5.75 Å². The van der Waals surface area contributed by atoms with Gasteiger partial charge in [-0.05, 0) is 70.7 Å². The summed E-state index contributed by atoms with van der Waals surface area (Å²) in [7, 11) is 1.54. The van der Waals surface area contributed by atoms with Crippen LogP contribution in [0.2, 0.25) is 20.1 Å². The van der Waals surface area contributed by atoms with Gasteiger partial charge in [0, 0.05) is 5.69 Å². The lowest BCUT2D eigenvalue weighted by atomic mass is 9.86. The van der Waals surface area contributed by atoms with Gasteiger partial charge in [-0.15, -0.1) is 0 Å². The number of benzene rings is 3. The van der Waals surface area contributed by atoms with Gasteiger partial charge in [0.1, 0.15) is 11.8 Å². The van der Waals surface area contributed by atoms with E-state index in [1.807, 2.05) is 32.0 Å². The first kappa shape index (κ1) is 26.3. The molecule has 1 fully saturated rings. The van der Waals surface area contributed by atoms with E-state index in [4.69, 9.17) is 51.1 Å². The zero-order chi connectivity index (χ0) is 26.9. The minimum Gasteiger partial charge on any atom is -0.496 e. The van der Waals surface area contributed by atoms with Crippen molar-refractivity contribution in [3.63, 3.8) is 0 Å². The van der Waals surface area contributed by atoms with Crippen molar-refractivity contribution in [2.24, 2.45) is 0 Å². The van der Waals surface area contributed by atoms with Crippen LogP contribution in [0.25, 0.3) is 0 Å². The number of hydrogen-bond acceptors (Lipinski definition) is 4. The molecular weight excluding hydrogens is 626 g/mol. The SMILES string of the molecule is COc1ccc(C2C(N3C(=O)c4c(Cl)c(Cl)c(Cl)c(Cl)c4C3=O)C(=O)N2c2ccc(C)c(C)c2)cc1Br. The molecule has 0 saturated carbocycles. The topological polar surface area (TPSA) is 66.9 Å².